The number of aliphatic hydroxyl groups excluding tert-OH is 1. The van der Waals surface area contributed by atoms with Gasteiger partial charge in [-0.25, -0.2) is 27.4 Å². The van der Waals surface area contributed by atoms with Crippen LogP contribution in [0.2, 0.25) is 0 Å². The van der Waals surface area contributed by atoms with Crippen LogP contribution in [0.15, 0.2) is 43.1 Å². The molecule has 6 rings (SSSR count). The molecule has 2 bridgehead atoms. The zero-order chi connectivity index (χ0) is 45.4. The Morgan fingerprint density at radius 1 is 0.683 bits per heavy atom. The highest BCUT2D eigenvalue weighted by Crippen LogP contribution is 2.57. The van der Waals surface area contributed by atoms with Gasteiger partial charge in [-0.05, 0) is 61.1 Å². The van der Waals surface area contributed by atoms with E-state index >= 15 is 0 Å². The van der Waals surface area contributed by atoms with Crippen LogP contribution >= 0.6 is 46.9 Å². The molecule has 4 aliphatic rings. The lowest BCUT2D eigenvalue weighted by atomic mass is 9.73. The third-order valence-electron chi connectivity index (χ3n) is 9.32. The van der Waals surface area contributed by atoms with E-state index in [2.05, 4.69) is 49.7 Å². The molecule has 4 heterocycles. The van der Waals surface area contributed by atoms with Crippen molar-refractivity contribution < 1.29 is 123 Å². The van der Waals surface area contributed by atoms with E-state index in [-0.39, 0.29) is 6.04 Å². The van der Waals surface area contributed by atoms with Gasteiger partial charge in [-0.3, -0.25) is 37.0 Å². The Balaban J connectivity index is 0.000000283. The maximum absolute atomic E-state index is 11.4. The van der Waals surface area contributed by atoms with Crippen LogP contribution in [-0.4, -0.2) is 137 Å². The summed E-state index contributed by atoms with van der Waals surface area (Å²) in [5.41, 5.74) is 1.85. The van der Waals surface area contributed by atoms with Crippen LogP contribution in [-0.2, 0) is 54.5 Å². The molecule has 0 unspecified atom stereocenters. The minimum Gasteiger partial charge on any atom is -0.497 e. The number of piperidine rings is 3. The van der Waals surface area contributed by atoms with E-state index in [1.54, 1.807) is 13.3 Å². The van der Waals surface area contributed by atoms with E-state index in [1.807, 2.05) is 24.3 Å². The minimum atomic E-state index is -6.02. The fraction of sp³-hybridized carbons (Fsp3) is 0.577. The van der Waals surface area contributed by atoms with Gasteiger partial charge in [0.05, 0.1) is 18.7 Å². The zero-order valence-electron chi connectivity index (χ0n) is 30.5. The van der Waals surface area contributed by atoms with Gasteiger partial charge in [-0.2, -0.15) is 0 Å². The summed E-state index contributed by atoms with van der Waals surface area (Å²) in [6.45, 7) is 6.07. The van der Waals surface area contributed by atoms with Crippen LogP contribution in [0.25, 0.3) is 10.9 Å². The second-order valence-electron chi connectivity index (χ2n) is 13.3. The smallest absolute Gasteiger partial charge is 0.470 e. The lowest BCUT2D eigenvalue weighted by molar-refractivity contribution is -0.202. The summed E-state index contributed by atoms with van der Waals surface area (Å²) >= 11 is 0. The Morgan fingerprint density at radius 2 is 1.08 bits per heavy atom. The van der Waals surface area contributed by atoms with Crippen molar-refractivity contribution in [2.75, 3.05) is 20.2 Å². The molecule has 5 atom stereocenters. The van der Waals surface area contributed by atoms with Crippen molar-refractivity contribution in [2.45, 2.75) is 61.6 Å². The lowest BCUT2D eigenvalue weighted by Crippen LogP contribution is -2.66. The van der Waals surface area contributed by atoms with Crippen LogP contribution in [0.5, 0.6) is 5.75 Å². The number of methoxy groups -OCH3 is 1. The fourth-order valence-electron chi connectivity index (χ4n) is 7.24. The van der Waals surface area contributed by atoms with Gasteiger partial charge in [-0.15, -0.1) is 6.58 Å². The van der Waals surface area contributed by atoms with Crippen LogP contribution in [0.4, 0.5) is 0 Å². The number of phosphoric ester groups is 6. The molecule has 0 amide bonds. The number of pyridine rings is 1. The molecule has 0 radical (unpaired) electrons. The number of ether oxygens (including phenoxy) is 1. The molecule has 3 aliphatic heterocycles. The maximum Gasteiger partial charge on any atom is 0.470 e. The number of nitrogens with zero attached hydrogens (tertiary/aromatic N) is 2. The first-order valence-corrected chi connectivity index (χ1v) is 25.9. The number of fused-ring (bicyclic) bond motifs is 4. The summed E-state index contributed by atoms with van der Waals surface area (Å²) in [7, 11) is -34.4. The SMILES string of the molecule is C=C[C@H]1C[N@]2CC[C@H]1C[C@@H]2[C@@H](O)c1ccnc2ccc(OC)cc12.O=P(O)(O)O[C@H]1[C@H](OP(=O)(O)O)[C@@H](OP(=O)(O)O)[C@H](OP(=O)(O)O)[C@@H](OP(=O)(O)O)[C@H]1OP(=O)(O)O. The van der Waals surface area contributed by atoms with Crippen molar-refractivity contribution in [2.24, 2.45) is 11.8 Å². The monoisotopic (exact) mass is 984 g/mol. The van der Waals surface area contributed by atoms with Gasteiger partial charge in [0.2, 0.25) is 0 Å². The predicted octanol–water partition coefficient (Wildman–Crippen LogP) is 0.0406. The van der Waals surface area contributed by atoms with Crippen molar-refractivity contribution >= 4 is 57.8 Å². The largest absolute Gasteiger partial charge is 0.497 e. The van der Waals surface area contributed by atoms with Gasteiger partial charge in [-0.1, -0.05) is 6.08 Å². The number of hydrogen-bond donors (Lipinski definition) is 13. The molecular weight excluding hydrogens is 942 g/mol. The number of aromatic nitrogens is 1. The quantitative estimate of drug-likeness (QED) is 0.0780. The lowest BCUT2D eigenvalue weighted by Gasteiger charge is -2.50. The van der Waals surface area contributed by atoms with Gasteiger partial charge in [0.1, 0.15) is 42.4 Å². The molecule has 3 saturated heterocycles. The summed E-state index contributed by atoms with van der Waals surface area (Å²) in [6, 6.07) is 7.96. The van der Waals surface area contributed by atoms with Gasteiger partial charge < -0.3 is 68.6 Å². The molecule has 1 aromatic carbocycles. The van der Waals surface area contributed by atoms with Gasteiger partial charge in [0, 0.05) is 24.2 Å². The van der Waals surface area contributed by atoms with Crippen LogP contribution in [0.3, 0.4) is 0 Å². The molecule has 1 saturated carbocycles. The third-order valence-corrected chi connectivity index (χ3v) is 12.4. The average Bonchev–Trinajstić information content (AvgIpc) is 3.09. The topological polar surface area (TPSA) is 446 Å². The predicted molar refractivity (Wildman–Crippen MR) is 197 cm³/mol. The Bertz CT molecular complexity index is 1900. The van der Waals surface area contributed by atoms with E-state index in [4.69, 9.17) is 63.5 Å². The molecule has 60 heavy (non-hydrogen) atoms. The standard InChI is InChI=1S/C20H24N2O2.C6H18O24P6/c1-3-13-12-22-9-7-14(13)10-19(22)20(23)16-6-8-21-18-5-4-15(24-2)11-17(16)18;7-31(8,9)25-1-2(26-32(10,11)12)4(28-34(16,17)18)6(30-36(22,23)24)5(29-35(19,20)21)3(1)27-33(13,14)15/h3-6,8,11,13-14,19-20,23H,1,7,9-10,12H2,2H3;1-6H,(H2,7,8,9)(H2,10,11,12)(H2,13,14,15)(H2,16,17,18)(H2,19,20,21)(H2,22,23,24)/t13-,14-,19+,20-;1-,2-,3-,4+,5-,6-/m0./s1. The van der Waals surface area contributed by atoms with Crippen LogP contribution < -0.4 is 4.74 Å². The third kappa shape index (κ3) is 14.9. The Kier molecular flexibility index (Phi) is 16.7. The fourth-order valence-corrected chi connectivity index (χ4v) is 10.6. The number of aliphatic hydroxyl groups is 1. The van der Waals surface area contributed by atoms with E-state index in [1.165, 1.54) is 6.42 Å². The second-order valence-corrected chi connectivity index (χ2v) is 20.5. The van der Waals surface area contributed by atoms with Crippen LogP contribution in [0, 0.1) is 11.8 Å². The summed E-state index contributed by atoms with van der Waals surface area (Å²) in [4.78, 5) is 117. The minimum absolute atomic E-state index is 0.178. The Morgan fingerprint density at radius 3 is 1.40 bits per heavy atom. The van der Waals surface area contributed by atoms with Crippen molar-refractivity contribution in [3.8, 4) is 5.75 Å². The molecule has 34 heteroatoms. The van der Waals surface area contributed by atoms with Crippen molar-refractivity contribution in [3.05, 3.63) is 48.7 Å². The molecular formula is C26H42N2O26P6. The van der Waals surface area contributed by atoms with E-state index in [0.29, 0.717) is 11.8 Å². The molecule has 1 aliphatic carbocycles. The first kappa shape index (κ1) is 51.4. The van der Waals surface area contributed by atoms with Gasteiger partial charge in [0.25, 0.3) is 0 Å². The highest BCUT2D eigenvalue weighted by molar-refractivity contribution is 7.47. The average molecular weight is 984 g/mol. The van der Waals surface area contributed by atoms with E-state index < -0.39 is 89.7 Å². The Labute approximate surface area is 338 Å². The van der Waals surface area contributed by atoms with Crippen molar-refractivity contribution in [3.63, 3.8) is 0 Å². The second kappa shape index (κ2) is 19.5. The molecule has 28 nitrogen and oxygen atoms in total. The van der Waals surface area contributed by atoms with Crippen molar-refractivity contribution in [1.29, 1.82) is 0 Å². The first-order valence-electron chi connectivity index (χ1n) is 16.7. The summed E-state index contributed by atoms with van der Waals surface area (Å²) in [5.74, 6) is 2.01. The van der Waals surface area contributed by atoms with E-state index in [9.17, 15) is 32.5 Å². The molecule has 13 N–H and O–H groups in total. The van der Waals surface area contributed by atoms with Crippen molar-refractivity contribution in [1.82, 2.24) is 9.88 Å². The van der Waals surface area contributed by atoms with Crippen LogP contribution in [0.1, 0.15) is 24.5 Å². The van der Waals surface area contributed by atoms with Gasteiger partial charge >= 0.3 is 46.9 Å². The Hall–Kier alpha value is -1.25. The number of phosphoric acid groups is 6. The number of benzene rings is 1. The molecule has 2 aromatic rings. The molecule has 1 aromatic heterocycles. The zero-order valence-corrected chi connectivity index (χ0v) is 35.8. The highest BCUT2D eigenvalue weighted by atomic mass is 31.2. The summed E-state index contributed by atoms with van der Waals surface area (Å²) in [5, 5.41) is 12.1. The van der Waals surface area contributed by atoms with Gasteiger partial charge in [0.15, 0.2) is 0 Å². The number of hydrogen-bond acceptors (Lipinski definition) is 16. The van der Waals surface area contributed by atoms with E-state index in [0.717, 1.165) is 41.7 Å². The summed E-state index contributed by atoms with van der Waals surface area (Å²) in [6.07, 6.45) is -13.2. The normalized spacial score (nSPS) is 29.7. The highest BCUT2D eigenvalue weighted by Gasteiger charge is 2.62. The summed E-state index contributed by atoms with van der Waals surface area (Å²) < 4.78 is 98.5. The molecule has 342 valence electrons. The maximum atomic E-state index is 11.4. The first-order chi connectivity index (χ1) is 27.3. The number of rotatable bonds is 16. The molecule has 0 spiro atoms. The molecule has 4 fully saturated rings.